The maximum Gasteiger partial charge on any atom is 0.269 e. The number of nitro benzene ring substituents is 1. The first kappa shape index (κ1) is 18.1. The Labute approximate surface area is 165 Å². The highest BCUT2D eigenvalue weighted by Gasteiger charge is 2.11. The first-order chi connectivity index (χ1) is 14.1. The smallest absolute Gasteiger partial charge is 0.269 e. The monoisotopic (exact) mass is 388 g/mol. The SMILES string of the molecule is COc1ccc(Nc2nc(Nc3ccc([N+](=O)[O-])cc3)c3cccnc3n2)cc1. The Hall–Kier alpha value is -4.27. The molecule has 2 heterocycles. The lowest BCUT2D eigenvalue weighted by Crippen LogP contribution is -2.03. The molecule has 0 saturated carbocycles. The number of hydrogen-bond acceptors (Lipinski definition) is 8. The lowest BCUT2D eigenvalue weighted by atomic mass is 10.2. The highest BCUT2D eigenvalue weighted by molar-refractivity contribution is 5.89. The second kappa shape index (κ2) is 7.77. The number of nitrogens with zero attached hydrogens (tertiary/aromatic N) is 4. The summed E-state index contributed by atoms with van der Waals surface area (Å²) in [5.74, 6) is 1.65. The number of methoxy groups -OCH3 is 1. The third kappa shape index (κ3) is 4.03. The minimum Gasteiger partial charge on any atom is -0.497 e. The Morgan fingerprint density at radius 3 is 2.31 bits per heavy atom. The Morgan fingerprint density at radius 1 is 0.931 bits per heavy atom. The standard InChI is InChI=1S/C20H16N6O3/c1-29-16-10-6-14(7-11-16)23-20-24-18-17(3-2-12-21-18)19(25-20)22-13-4-8-15(9-5-13)26(27)28/h2-12H,1H3,(H2,21,22,23,24,25). The number of pyridine rings is 1. The molecule has 0 aliphatic heterocycles. The quantitative estimate of drug-likeness (QED) is 0.368. The molecule has 9 heteroatoms. The van der Waals surface area contributed by atoms with Crippen LogP contribution in [0.25, 0.3) is 11.0 Å². The first-order valence-corrected chi connectivity index (χ1v) is 8.68. The molecule has 9 nitrogen and oxygen atoms in total. The van der Waals surface area contributed by atoms with Crippen LogP contribution < -0.4 is 15.4 Å². The molecule has 0 unspecified atom stereocenters. The number of fused-ring (bicyclic) bond motifs is 1. The van der Waals surface area contributed by atoms with Gasteiger partial charge in [0.05, 0.1) is 17.4 Å². The Bertz CT molecular complexity index is 1160. The van der Waals surface area contributed by atoms with E-state index in [1.165, 1.54) is 12.1 Å². The topological polar surface area (TPSA) is 115 Å². The second-order valence-electron chi connectivity index (χ2n) is 6.05. The van der Waals surface area contributed by atoms with Crippen LogP contribution in [0.2, 0.25) is 0 Å². The van der Waals surface area contributed by atoms with Crippen molar-refractivity contribution in [2.24, 2.45) is 0 Å². The van der Waals surface area contributed by atoms with Gasteiger partial charge < -0.3 is 15.4 Å². The Kier molecular flexibility index (Phi) is 4.85. The molecule has 0 bridgehead atoms. The summed E-state index contributed by atoms with van der Waals surface area (Å²) in [6, 6.07) is 17.1. The number of nitro groups is 1. The number of anilines is 4. The Morgan fingerprint density at radius 2 is 1.62 bits per heavy atom. The van der Waals surface area contributed by atoms with E-state index in [0.29, 0.717) is 23.1 Å². The van der Waals surface area contributed by atoms with Crippen molar-refractivity contribution in [3.63, 3.8) is 0 Å². The van der Waals surface area contributed by atoms with Crippen molar-refractivity contribution in [3.05, 3.63) is 77.0 Å². The van der Waals surface area contributed by atoms with E-state index in [1.54, 1.807) is 31.5 Å². The van der Waals surface area contributed by atoms with Crippen LogP contribution >= 0.6 is 0 Å². The van der Waals surface area contributed by atoms with Gasteiger partial charge in [0.15, 0.2) is 5.65 Å². The highest BCUT2D eigenvalue weighted by Crippen LogP contribution is 2.26. The van der Waals surface area contributed by atoms with Gasteiger partial charge in [0, 0.05) is 29.7 Å². The van der Waals surface area contributed by atoms with E-state index in [2.05, 4.69) is 25.6 Å². The zero-order chi connectivity index (χ0) is 20.2. The van der Waals surface area contributed by atoms with Crippen LogP contribution in [-0.4, -0.2) is 27.0 Å². The molecule has 144 valence electrons. The van der Waals surface area contributed by atoms with Gasteiger partial charge in [-0.2, -0.15) is 9.97 Å². The number of ether oxygens (including phenoxy) is 1. The molecule has 0 spiro atoms. The van der Waals surface area contributed by atoms with Crippen molar-refractivity contribution in [2.45, 2.75) is 0 Å². The van der Waals surface area contributed by atoms with Crippen molar-refractivity contribution in [1.29, 1.82) is 0 Å². The van der Waals surface area contributed by atoms with Gasteiger partial charge in [-0.15, -0.1) is 0 Å². The van der Waals surface area contributed by atoms with E-state index in [1.807, 2.05) is 30.3 Å². The van der Waals surface area contributed by atoms with E-state index in [9.17, 15) is 10.1 Å². The fourth-order valence-corrected chi connectivity index (χ4v) is 2.72. The van der Waals surface area contributed by atoms with Crippen molar-refractivity contribution in [3.8, 4) is 5.75 Å². The van der Waals surface area contributed by atoms with E-state index in [0.717, 1.165) is 16.8 Å². The first-order valence-electron chi connectivity index (χ1n) is 8.68. The lowest BCUT2D eigenvalue weighted by Gasteiger charge is -2.11. The third-order valence-electron chi connectivity index (χ3n) is 4.16. The molecule has 4 rings (SSSR count). The fourth-order valence-electron chi connectivity index (χ4n) is 2.72. The summed E-state index contributed by atoms with van der Waals surface area (Å²) in [5, 5.41) is 17.9. The van der Waals surface area contributed by atoms with Crippen LogP contribution in [0.15, 0.2) is 66.9 Å². The molecule has 29 heavy (non-hydrogen) atoms. The van der Waals surface area contributed by atoms with Crippen LogP contribution in [0.5, 0.6) is 5.75 Å². The van der Waals surface area contributed by atoms with Crippen LogP contribution in [0, 0.1) is 10.1 Å². The molecule has 0 atom stereocenters. The molecule has 0 saturated heterocycles. The number of aromatic nitrogens is 3. The zero-order valence-corrected chi connectivity index (χ0v) is 15.4. The summed E-state index contributed by atoms with van der Waals surface area (Å²) in [4.78, 5) is 23.7. The normalized spacial score (nSPS) is 10.5. The summed E-state index contributed by atoms with van der Waals surface area (Å²) in [6.45, 7) is 0. The van der Waals surface area contributed by atoms with Crippen LogP contribution in [0.4, 0.5) is 28.8 Å². The van der Waals surface area contributed by atoms with Crippen molar-refractivity contribution < 1.29 is 9.66 Å². The highest BCUT2D eigenvalue weighted by atomic mass is 16.6. The van der Waals surface area contributed by atoms with E-state index < -0.39 is 4.92 Å². The van der Waals surface area contributed by atoms with Gasteiger partial charge in [0.1, 0.15) is 11.6 Å². The number of non-ortho nitro benzene ring substituents is 1. The number of benzene rings is 2. The number of rotatable bonds is 6. The van der Waals surface area contributed by atoms with Gasteiger partial charge in [-0.1, -0.05) is 0 Å². The fraction of sp³-hybridized carbons (Fsp3) is 0.0500. The molecular formula is C20H16N6O3. The van der Waals surface area contributed by atoms with Crippen LogP contribution in [0.3, 0.4) is 0 Å². The van der Waals surface area contributed by atoms with E-state index in [-0.39, 0.29) is 5.69 Å². The molecule has 0 radical (unpaired) electrons. The zero-order valence-electron chi connectivity index (χ0n) is 15.4. The molecule has 4 aromatic rings. The molecule has 0 amide bonds. The Balaban J connectivity index is 1.67. The minimum absolute atomic E-state index is 0.0200. The van der Waals surface area contributed by atoms with Crippen molar-refractivity contribution in [1.82, 2.24) is 15.0 Å². The number of nitrogens with one attached hydrogen (secondary N) is 2. The largest absolute Gasteiger partial charge is 0.497 e. The molecule has 2 aromatic carbocycles. The van der Waals surface area contributed by atoms with Gasteiger partial charge in [-0.25, -0.2) is 4.98 Å². The maximum absolute atomic E-state index is 10.8. The second-order valence-corrected chi connectivity index (χ2v) is 6.05. The van der Waals surface area contributed by atoms with Gasteiger partial charge in [0.25, 0.3) is 5.69 Å². The minimum atomic E-state index is -0.440. The van der Waals surface area contributed by atoms with Crippen molar-refractivity contribution >= 4 is 39.9 Å². The van der Waals surface area contributed by atoms with E-state index >= 15 is 0 Å². The maximum atomic E-state index is 10.8. The average Bonchev–Trinajstić information content (AvgIpc) is 2.75. The molecular weight excluding hydrogens is 372 g/mol. The van der Waals surface area contributed by atoms with Gasteiger partial charge in [-0.05, 0) is 48.5 Å². The summed E-state index contributed by atoms with van der Waals surface area (Å²) in [5.41, 5.74) is 1.99. The molecule has 0 aliphatic rings. The molecule has 2 N–H and O–H groups in total. The molecule has 2 aromatic heterocycles. The van der Waals surface area contributed by atoms with E-state index in [4.69, 9.17) is 4.74 Å². The van der Waals surface area contributed by atoms with Crippen LogP contribution in [-0.2, 0) is 0 Å². The van der Waals surface area contributed by atoms with Gasteiger partial charge >= 0.3 is 0 Å². The predicted octanol–water partition coefficient (Wildman–Crippen LogP) is 4.43. The lowest BCUT2D eigenvalue weighted by molar-refractivity contribution is -0.384. The average molecular weight is 388 g/mol. The summed E-state index contributed by atoms with van der Waals surface area (Å²) in [6.07, 6.45) is 1.65. The van der Waals surface area contributed by atoms with Crippen molar-refractivity contribution in [2.75, 3.05) is 17.7 Å². The third-order valence-corrected chi connectivity index (χ3v) is 4.16. The van der Waals surface area contributed by atoms with Gasteiger partial charge in [0.2, 0.25) is 5.95 Å². The predicted molar refractivity (Wildman–Crippen MR) is 110 cm³/mol. The summed E-state index contributed by atoms with van der Waals surface area (Å²) in [7, 11) is 1.61. The van der Waals surface area contributed by atoms with Crippen LogP contribution in [0.1, 0.15) is 0 Å². The molecule has 0 fully saturated rings. The van der Waals surface area contributed by atoms with Gasteiger partial charge in [-0.3, -0.25) is 10.1 Å². The summed E-state index contributed by atoms with van der Waals surface area (Å²) < 4.78 is 5.16. The summed E-state index contributed by atoms with van der Waals surface area (Å²) >= 11 is 0. The molecule has 0 aliphatic carbocycles. The number of hydrogen-bond donors (Lipinski definition) is 2.